The molecule has 2 aromatic rings. The van der Waals surface area contributed by atoms with Crippen LogP contribution in [0.1, 0.15) is 25.0 Å². The summed E-state index contributed by atoms with van der Waals surface area (Å²) in [6.07, 6.45) is 1.55. The van der Waals surface area contributed by atoms with E-state index in [1.807, 2.05) is 49.4 Å². The standard InChI is InChI=1S/C22H25N3O2/c1-5-25(6-2)20-11-10-17(21(14-20)27-4)13-18(15-23)22(26)24-19-9-7-8-16(3)12-19/h7-14H,5-6H2,1-4H3,(H,24,26)/b18-13-. The number of carbonyl (C=O) groups is 1. The minimum absolute atomic E-state index is 0.0189. The van der Waals surface area contributed by atoms with Crippen molar-refractivity contribution in [3.8, 4) is 11.8 Å². The molecule has 0 bridgehead atoms. The van der Waals surface area contributed by atoms with E-state index in [0.717, 1.165) is 24.3 Å². The predicted octanol–water partition coefficient (Wildman–Crippen LogP) is 4.40. The molecule has 5 nitrogen and oxygen atoms in total. The van der Waals surface area contributed by atoms with Gasteiger partial charge in [-0.25, -0.2) is 0 Å². The van der Waals surface area contributed by atoms with E-state index in [0.29, 0.717) is 17.0 Å². The maximum absolute atomic E-state index is 12.5. The average Bonchev–Trinajstić information content (AvgIpc) is 2.67. The molecule has 0 unspecified atom stereocenters. The molecule has 2 aromatic carbocycles. The van der Waals surface area contributed by atoms with Crippen molar-refractivity contribution in [2.75, 3.05) is 30.4 Å². The number of rotatable bonds is 7. The first-order valence-corrected chi connectivity index (χ1v) is 8.95. The Bertz CT molecular complexity index is 877. The van der Waals surface area contributed by atoms with Gasteiger partial charge >= 0.3 is 0 Å². The van der Waals surface area contributed by atoms with Crippen molar-refractivity contribution in [2.24, 2.45) is 0 Å². The lowest BCUT2D eigenvalue weighted by Gasteiger charge is -2.22. The monoisotopic (exact) mass is 363 g/mol. The third kappa shape index (κ3) is 5.11. The number of nitriles is 1. The molecule has 0 aliphatic carbocycles. The van der Waals surface area contributed by atoms with E-state index < -0.39 is 5.91 Å². The lowest BCUT2D eigenvalue weighted by Crippen LogP contribution is -2.21. The van der Waals surface area contributed by atoms with Gasteiger partial charge in [0, 0.05) is 36.1 Å². The topological polar surface area (TPSA) is 65.4 Å². The zero-order valence-electron chi connectivity index (χ0n) is 16.2. The SMILES string of the molecule is CCN(CC)c1ccc(/C=C(/C#N)C(=O)Nc2cccc(C)c2)c(OC)c1. The average molecular weight is 363 g/mol. The molecule has 0 saturated heterocycles. The number of hydrogen-bond acceptors (Lipinski definition) is 4. The van der Waals surface area contributed by atoms with Gasteiger partial charge in [-0.15, -0.1) is 0 Å². The van der Waals surface area contributed by atoms with Crippen LogP contribution >= 0.6 is 0 Å². The molecule has 0 heterocycles. The van der Waals surface area contributed by atoms with E-state index in [2.05, 4.69) is 24.1 Å². The molecule has 0 aliphatic rings. The molecule has 0 radical (unpaired) electrons. The largest absolute Gasteiger partial charge is 0.496 e. The van der Waals surface area contributed by atoms with E-state index >= 15 is 0 Å². The number of hydrogen-bond donors (Lipinski definition) is 1. The van der Waals surface area contributed by atoms with Crippen LogP contribution in [0.5, 0.6) is 5.75 Å². The molecule has 0 spiro atoms. The maximum atomic E-state index is 12.5. The van der Waals surface area contributed by atoms with Crippen molar-refractivity contribution < 1.29 is 9.53 Å². The molecule has 1 amide bonds. The number of carbonyl (C=O) groups excluding carboxylic acids is 1. The van der Waals surface area contributed by atoms with Gasteiger partial charge in [0.05, 0.1) is 7.11 Å². The highest BCUT2D eigenvalue weighted by Gasteiger charge is 2.13. The number of ether oxygens (including phenoxy) is 1. The van der Waals surface area contributed by atoms with Crippen LogP contribution in [0.25, 0.3) is 6.08 Å². The van der Waals surface area contributed by atoms with Crippen molar-refractivity contribution in [3.63, 3.8) is 0 Å². The Morgan fingerprint density at radius 2 is 1.96 bits per heavy atom. The number of nitrogens with zero attached hydrogens (tertiary/aromatic N) is 2. The maximum Gasteiger partial charge on any atom is 0.266 e. The predicted molar refractivity (Wildman–Crippen MR) is 110 cm³/mol. The zero-order chi connectivity index (χ0) is 19.8. The Hall–Kier alpha value is -3.26. The molecule has 0 saturated carbocycles. The van der Waals surface area contributed by atoms with E-state index in [1.54, 1.807) is 19.3 Å². The van der Waals surface area contributed by atoms with Gasteiger partial charge in [-0.05, 0) is 56.7 Å². The second-order valence-electron chi connectivity index (χ2n) is 6.09. The van der Waals surface area contributed by atoms with Gasteiger partial charge in [0.25, 0.3) is 5.91 Å². The molecule has 2 rings (SSSR count). The van der Waals surface area contributed by atoms with Crippen LogP contribution in [-0.4, -0.2) is 26.1 Å². The van der Waals surface area contributed by atoms with Crippen LogP contribution in [0.4, 0.5) is 11.4 Å². The van der Waals surface area contributed by atoms with Crippen molar-refractivity contribution in [3.05, 3.63) is 59.2 Å². The van der Waals surface area contributed by atoms with Gasteiger partial charge in [-0.2, -0.15) is 5.26 Å². The third-order valence-corrected chi connectivity index (χ3v) is 4.29. The highest BCUT2D eigenvalue weighted by atomic mass is 16.5. The second kappa shape index (κ2) is 9.44. The molecule has 0 fully saturated rings. The first-order valence-electron chi connectivity index (χ1n) is 8.95. The lowest BCUT2D eigenvalue weighted by molar-refractivity contribution is -0.112. The summed E-state index contributed by atoms with van der Waals surface area (Å²) in [4.78, 5) is 14.7. The van der Waals surface area contributed by atoms with E-state index in [4.69, 9.17) is 4.74 Å². The summed E-state index contributed by atoms with van der Waals surface area (Å²) < 4.78 is 5.47. The van der Waals surface area contributed by atoms with Crippen LogP contribution in [0.15, 0.2) is 48.0 Å². The molecule has 27 heavy (non-hydrogen) atoms. The zero-order valence-corrected chi connectivity index (χ0v) is 16.2. The molecule has 0 aromatic heterocycles. The number of benzene rings is 2. The van der Waals surface area contributed by atoms with Gasteiger partial charge in [0.1, 0.15) is 17.4 Å². The number of nitrogens with one attached hydrogen (secondary N) is 1. The van der Waals surface area contributed by atoms with Crippen LogP contribution < -0.4 is 15.0 Å². The number of anilines is 2. The Kier molecular flexibility index (Phi) is 7.01. The summed E-state index contributed by atoms with van der Waals surface area (Å²) >= 11 is 0. The Morgan fingerprint density at radius 1 is 1.22 bits per heavy atom. The van der Waals surface area contributed by atoms with E-state index in [1.165, 1.54) is 0 Å². The van der Waals surface area contributed by atoms with Crippen molar-refractivity contribution in [1.82, 2.24) is 0 Å². The van der Waals surface area contributed by atoms with Crippen LogP contribution in [0.3, 0.4) is 0 Å². The fourth-order valence-electron chi connectivity index (χ4n) is 2.83. The molecule has 140 valence electrons. The number of amides is 1. The van der Waals surface area contributed by atoms with Crippen LogP contribution in [0.2, 0.25) is 0 Å². The number of methoxy groups -OCH3 is 1. The molecule has 1 N–H and O–H groups in total. The first-order chi connectivity index (χ1) is 13.0. The van der Waals surface area contributed by atoms with E-state index in [9.17, 15) is 10.1 Å². The van der Waals surface area contributed by atoms with Gasteiger partial charge < -0.3 is 15.0 Å². The molecule has 0 aliphatic heterocycles. The highest BCUT2D eigenvalue weighted by molar-refractivity contribution is 6.09. The van der Waals surface area contributed by atoms with Gasteiger partial charge in [0.2, 0.25) is 0 Å². The van der Waals surface area contributed by atoms with Crippen molar-refractivity contribution in [1.29, 1.82) is 5.26 Å². The van der Waals surface area contributed by atoms with E-state index in [-0.39, 0.29) is 5.57 Å². The highest BCUT2D eigenvalue weighted by Crippen LogP contribution is 2.27. The summed E-state index contributed by atoms with van der Waals surface area (Å²) in [6.45, 7) is 7.90. The summed E-state index contributed by atoms with van der Waals surface area (Å²) in [6, 6.07) is 15.2. The molecular weight excluding hydrogens is 338 g/mol. The van der Waals surface area contributed by atoms with Gasteiger partial charge in [0.15, 0.2) is 0 Å². The smallest absolute Gasteiger partial charge is 0.266 e. The summed E-state index contributed by atoms with van der Waals surface area (Å²) in [5.74, 6) is 0.175. The van der Waals surface area contributed by atoms with Crippen LogP contribution in [0, 0.1) is 18.3 Å². The lowest BCUT2D eigenvalue weighted by atomic mass is 10.1. The summed E-state index contributed by atoms with van der Waals surface area (Å²) in [5, 5.41) is 12.2. The van der Waals surface area contributed by atoms with Crippen molar-refractivity contribution >= 4 is 23.4 Å². The molecule has 5 heteroatoms. The summed E-state index contributed by atoms with van der Waals surface area (Å²) in [5.41, 5.74) is 3.43. The van der Waals surface area contributed by atoms with Crippen LogP contribution in [-0.2, 0) is 4.79 Å². The van der Waals surface area contributed by atoms with Gasteiger partial charge in [-0.1, -0.05) is 12.1 Å². The normalized spacial score (nSPS) is 10.9. The third-order valence-electron chi connectivity index (χ3n) is 4.29. The fraction of sp³-hybridized carbons (Fsp3) is 0.273. The summed E-state index contributed by atoms with van der Waals surface area (Å²) in [7, 11) is 1.58. The molecule has 0 atom stereocenters. The minimum Gasteiger partial charge on any atom is -0.496 e. The number of aryl methyl sites for hydroxylation is 1. The van der Waals surface area contributed by atoms with Crippen molar-refractivity contribution in [2.45, 2.75) is 20.8 Å². The Balaban J connectivity index is 2.31. The van der Waals surface area contributed by atoms with Gasteiger partial charge in [-0.3, -0.25) is 4.79 Å². The first kappa shape index (κ1) is 20.1. The second-order valence-corrected chi connectivity index (χ2v) is 6.09. The fourth-order valence-corrected chi connectivity index (χ4v) is 2.83. The quantitative estimate of drug-likeness (QED) is 0.585. The Labute approximate surface area is 160 Å². The minimum atomic E-state index is -0.446. The molecular formula is C22H25N3O2. The Morgan fingerprint density at radius 3 is 2.56 bits per heavy atom.